The molecule has 0 bridgehead atoms. The van der Waals surface area contributed by atoms with Gasteiger partial charge < -0.3 is 5.73 Å². The lowest BCUT2D eigenvalue weighted by Gasteiger charge is -2.04. The molecule has 0 aliphatic rings. The van der Waals surface area contributed by atoms with Crippen LogP contribution in [0.3, 0.4) is 0 Å². The van der Waals surface area contributed by atoms with Crippen molar-refractivity contribution >= 4 is 40.5 Å². The molecule has 0 spiro atoms. The van der Waals surface area contributed by atoms with E-state index in [1.165, 1.54) is 0 Å². The van der Waals surface area contributed by atoms with E-state index in [1.54, 1.807) is 12.1 Å². The van der Waals surface area contributed by atoms with E-state index in [4.69, 9.17) is 40.5 Å². The molecular weight excluding hydrogens is 204 g/mol. The molecule has 0 saturated heterocycles. The monoisotopic (exact) mass is 209 g/mol. The minimum Gasteiger partial charge on any atom is -0.398 e. The van der Waals surface area contributed by atoms with Crippen molar-refractivity contribution in [2.24, 2.45) is 0 Å². The Morgan fingerprint density at radius 1 is 1.27 bits per heavy atom. The first-order valence-electron chi connectivity index (χ1n) is 2.95. The Balaban J connectivity index is 3.29. The molecule has 0 radical (unpaired) electrons. The third kappa shape index (κ3) is 1.73. The van der Waals surface area contributed by atoms with Gasteiger partial charge in [-0.15, -0.1) is 11.6 Å². The quantitative estimate of drug-likeness (QED) is 0.558. The third-order valence-corrected chi connectivity index (χ3v) is 2.48. The second-order valence-corrected chi connectivity index (χ2v) is 3.12. The summed E-state index contributed by atoms with van der Waals surface area (Å²) in [6.07, 6.45) is 0. The second-order valence-electron chi connectivity index (χ2n) is 2.06. The van der Waals surface area contributed by atoms with Crippen molar-refractivity contribution in [3.8, 4) is 0 Å². The molecule has 4 heteroatoms. The number of hydrogen-bond donors (Lipinski definition) is 1. The summed E-state index contributed by atoms with van der Waals surface area (Å²) in [7, 11) is 0. The Morgan fingerprint density at radius 2 is 1.91 bits per heavy atom. The minimum absolute atomic E-state index is 0.283. The van der Waals surface area contributed by atoms with Crippen LogP contribution in [0.1, 0.15) is 5.56 Å². The van der Waals surface area contributed by atoms with E-state index in [0.717, 1.165) is 0 Å². The van der Waals surface area contributed by atoms with E-state index < -0.39 is 0 Å². The first-order chi connectivity index (χ1) is 5.16. The molecule has 0 aliphatic carbocycles. The van der Waals surface area contributed by atoms with Crippen molar-refractivity contribution in [3.05, 3.63) is 27.7 Å². The number of alkyl halides is 1. The third-order valence-electron chi connectivity index (χ3n) is 1.37. The van der Waals surface area contributed by atoms with Crippen LogP contribution in [0.2, 0.25) is 10.0 Å². The highest BCUT2D eigenvalue weighted by atomic mass is 35.5. The first-order valence-corrected chi connectivity index (χ1v) is 4.24. The summed E-state index contributed by atoms with van der Waals surface area (Å²) in [4.78, 5) is 0. The fourth-order valence-electron chi connectivity index (χ4n) is 0.743. The number of rotatable bonds is 1. The average molecular weight is 210 g/mol. The van der Waals surface area contributed by atoms with Crippen LogP contribution in [0, 0.1) is 0 Å². The molecule has 1 aromatic rings. The number of benzene rings is 1. The molecule has 11 heavy (non-hydrogen) atoms. The molecule has 0 heterocycles. The lowest BCUT2D eigenvalue weighted by molar-refractivity contribution is 1.40. The van der Waals surface area contributed by atoms with E-state index >= 15 is 0 Å². The summed E-state index contributed by atoms with van der Waals surface area (Å²) in [5.41, 5.74) is 6.85. The number of nitrogen functional groups attached to an aromatic ring is 1. The lowest BCUT2D eigenvalue weighted by Crippen LogP contribution is -1.92. The molecule has 0 fully saturated rings. The van der Waals surface area contributed by atoms with Crippen LogP contribution in [0.15, 0.2) is 12.1 Å². The summed E-state index contributed by atoms with van der Waals surface area (Å²) >= 11 is 17.1. The number of nitrogens with two attached hydrogens (primary N) is 1. The Labute approximate surface area is 80.0 Å². The van der Waals surface area contributed by atoms with Gasteiger partial charge in [-0.2, -0.15) is 0 Å². The molecule has 0 aromatic heterocycles. The Bertz CT molecular complexity index is 273. The highest BCUT2D eigenvalue weighted by Gasteiger charge is 2.06. The summed E-state index contributed by atoms with van der Waals surface area (Å²) in [5, 5.41) is 0.929. The minimum atomic E-state index is 0.283. The molecule has 0 unspecified atom stereocenters. The van der Waals surface area contributed by atoms with Crippen LogP contribution < -0.4 is 5.73 Å². The number of anilines is 1. The molecule has 0 saturated carbocycles. The molecular formula is C7H6Cl3N. The van der Waals surface area contributed by atoms with Gasteiger partial charge >= 0.3 is 0 Å². The van der Waals surface area contributed by atoms with Gasteiger partial charge in [-0.3, -0.25) is 0 Å². The zero-order chi connectivity index (χ0) is 8.43. The maximum absolute atomic E-state index is 5.80. The molecule has 1 rings (SSSR count). The summed E-state index contributed by atoms with van der Waals surface area (Å²) < 4.78 is 0. The van der Waals surface area contributed by atoms with Gasteiger partial charge in [0.2, 0.25) is 0 Å². The SMILES string of the molecule is Nc1ccc(Cl)c(Cl)c1CCl. The van der Waals surface area contributed by atoms with Crippen molar-refractivity contribution in [2.45, 2.75) is 5.88 Å². The summed E-state index contributed by atoms with van der Waals surface area (Å²) in [5.74, 6) is 0.283. The first kappa shape index (κ1) is 8.98. The van der Waals surface area contributed by atoms with Crippen LogP contribution >= 0.6 is 34.8 Å². The predicted octanol–water partition coefficient (Wildman–Crippen LogP) is 3.31. The van der Waals surface area contributed by atoms with Gasteiger partial charge in [-0.1, -0.05) is 23.2 Å². The molecule has 2 N–H and O–H groups in total. The van der Waals surface area contributed by atoms with Crippen molar-refractivity contribution < 1.29 is 0 Å². The molecule has 1 aromatic carbocycles. The standard InChI is InChI=1S/C7H6Cl3N/c8-3-4-6(11)2-1-5(9)7(4)10/h1-2H,3,11H2. The smallest absolute Gasteiger partial charge is 0.0656 e. The van der Waals surface area contributed by atoms with Gasteiger partial charge in [0.25, 0.3) is 0 Å². The molecule has 60 valence electrons. The van der Waals surface area contributed by atoms with Gasteiger partial charge in [0, 0.05) is 11.3 Å². The summed E-state index contributed by atoms with van der Waals surface area (Å²) in [6.45, 7) is 0. The maximum Gasteiger partial charge on any atom is 0.0656 e. The molecule has 0 aliphatic heterocycles. The Morgan fingerprint density at radius 3 is 2.36 bits per heavy atom. The van der Waals surface area contributed by atoms with E-state index in [2.05, 4.69) is 0 Å². The van der Waals surface area contributed by atoms with Crippen LogP contribution in [0.4, 0.5) is 5.69 Å². The highest BCUT2D eigenvalue weighted by Crippen LogP contribution is 2.30. The van der Waals surface area contributed by atoms with Crippen molar-refractivity contribution in [3.63, 3.8) is 0 Å². The number of halogens is 3. The van der Waals surface area contributed by atoms with Gasteiger partial charge in [0.15, 0.2) is 0 Å². The number of hydrogen-bond acceptors (Lipinski definition) is 1. The van der Waals surface area contributed by atoms with E-state index in [9.17, 15) is 0 Å². The van der Waals surface area contributed by atoms with E-state index in [0.29, 0.717) is 21.3 Å². The van der Waals surface area contributed by atoms with Crippen LogP contribution in [0.5, 0.6) is 0 Å². The highest BCUT2D eigenvalue weighted by molar-refractivity contribution is 6.43. The van der Waals surface area contributed by atoms with Gasteiger partial charge in [0.05, 0.1) is 15.9 Å². The van der Waals surface area contributed by atoms with E-state index in [1.807, 2.05) is 0 Å². The van der Waals surface area contributed by atoms with Gasteiger partial charge in [-0.25, -0.2) is 0 Å². The fourth-order valence-corrected chi connectivity index (χ4v) is 1.52. The van der Waals surface area contributed by atoms with Crippen LogP contribution in [-0.2, 0) is 5.88 Å². The van der Waals surface area contributed by atoms with E-state index in [-0.39, 0.29) is 5.88 Å². The zero-order valence-corrected chi connectivity index (χ0v) is 7.84. The van der Waals surface area contributed by atoms with Crippen LogP contribution in [-0.4, -0.2) is 0 Å². The molecule has 1 nitrogen and oxygen atoms in total. The van der Waals surface area contributed by atoms with Crippen molar-refractivity contribution in [1.29, 1.82) is 0 Å². The maximum atomic E-state index is 5.80. The largest absolute Gasteiger partial charge is 0.398 e. The normalized spacial score (nSPS) is 10.1. The topological polar surface area (TPSA) is 26.0 Å². The van der Waals surface area contributed by atoms with Crippen molar-refractivity contribution in [2.75, 3.05) is 5.73 Å². The van der Waals surface area contributed by atoms with Crippen LogP contribution in [0.25, 0.3) is 0 Å². The molecule has 0 amide bonds. The summed E-state index contributed by atoms with van der Waals surface area (Å²) in [6, 6.07) is 3.33. The van der Waals surface area contributed by atoms with Crippen molar-refractivity contribution in [1.82, 2.24) is 0 Å². The zero-order valence-electron chi connectivity index (χ0n) is 5.57. The Hall–Kier alpha value is -0.110. The van der Waals surface area contributed by atoms with Gasteiger partial charge in [0.1, 0.15) is 0 Å². The Kier molecular flexibility index (Phi) is 2.88. The second kappa shape index (κ2) is 3.53. The fraction of sp³-hybridized carbons (Fsp3) is 0.143. The predicted molar refractivity (Wildman–Crippen MR) is 50.4 cm³/mol. The van der Waals surface area contributed by atoms with Gasteiger partial charge in [-0.05, 0) is 12.1 Å². The lowest BCUT2D eigenvalue weighted by atomic mass is 10.2. The molecule has 0 atom stereocenters. The average Bonchev–Trinajstić information content (AvgIpc) is 1.99.